The third-order valence-corrected chi connectivity index (χ3v) is 2.61. The number of nitrogens with zero attached hydrogens (tertiary/aromatic N) is 1. The summed E-state index contributed by atoms with van der Waals surface area (Å²) < 4.78 is 0. The van der Waals surface area contributed by atoms with Crippen LogP contribution in [0, 0.1) is 47.7 Å². The molecule has 0 aliphatic rings. The molecular weight excluding hydrogens is 302 g/mol. The molecule has 0 rings (SSSR count). The zero-order valence-electron chi connectivity index (χ0n) is 10.1. The average Bonchev–Trinajstić information content (AvgIpc) is 2.04. The summed E-state index contributed by atoms with van der Waals surface area (Å²) in [6.45, 7) is 10.9. The van der Waals surface area contributed by atoms with Crippen LogP contribution in [0.4, 0.5) is 0 Å². The molecule has 0 aromatic carbocycles. The van der Waals surface area contributed by atoms with E-state index in [4.69, 9.17) is 0 Å². The maximum Gasteiger partial charge on any atom is 0.104 e. The maximum atomic E-state index is 10.4. The van der Waals surface area contributed by atoms with Crippen molar-refractivity contribution in [3.63, 3.8) is 0 Å². The van der Waals surface area contributed by atoms with E-state index in [1.807, 2.05) is 27.7 Å². The molecule has 1 N–H and O–H groups in total. The van der Waals surface area contributed by atoms with Crippen molar-refractivity contribution in [3.8, 4) is 0 Å². The van der Waals surface area contributed by atoms with E-state index in [0.717, 1.165) is 25.1 Å². The molecule has 0 spiro atoms. The Morgan fingerprint density at radius 1 is 1.36 bits per heavy atom. The molecule has 0 radical (unpaired) electrons. The average molecular weight is 325 g/mol. The van der Waals surface area contributed by atoms with Gasteiger partial charge >= 0.3 is 0 Å². The van der Waals surface area contributed by atoms with Crippen molar-refractivity contribution < 1.29 is 46.9 Å². The third kappa shape index (κ3) is 4.68. The van der Waals surface area contributed by atoms with Crippen molar-refractivity contribution in [2.45, 2.75) is 53.1 Å². The van der Waals surface area contributed by atoms with Gasteiger partial charge in [0.2, 0.25) is 0 Å². The molecule has 0 fully saturated rings. The summed E-state index contributed by atoms with van der Waals surface area (Å²) in [4.78, 5) is 4.30. The van der Waals surface area contributed by atoms with Gasteiger partial charge in [-0.15, -0.1) is 0 Å². The molecule has 0 aromatic rings. The zero-order chi connectivity index (χ0) is 10.5. The van der Waals surface area contributed by atoms with Crippen LogP contribution in [0.15, 0.2) is 4.99 Å². The first kappa shape index (κ1) is 17.4. The first-order valence-electron chi connectivity index (χ1n) is 5.22. The SMILES string of the molecule is CCCC(O)(C(C)=NCC)C(C)C.[Ce]. The van der Waals surface area contributed by atoms with Gasteiger partial charge in [-0.25, -0.2) is 0 Å². The van der Waals surface area contributed by atoms with E-state index in [0.29, 0.717) is 0 Å². The van der Waals surface area contributed by atoms with E-state index in [-0.39, 0.29) is 47.7 Å². The van der Waals surface area contributed by atoms with Crippen LogP contribution in [0.3, 0.4) is 0 Å². The fourth-order valence-electron chi connectivity index (χ4n) is 1.64. The van der Waals surface area contributed by atoms with Gasteiger partial charge in [-0.2, -0.15) is 0 Å². The third-order valence-electron chi connectivity index (χ3n) is 2.61. The molecule has 1 atom stereocenters. The Labute approximate surface area is 122 Å². The Balaban J connectivity index is 0. The second-order valence-electron chi connectivity index (χ2n) is 3.89. The van der Waals surface area contributed by atoms with Gasteiger partial charge in [-0.1, -0.05) is 27.2 Å². The minimum atomic E-state index is -0.690. The van der Waals surface area contributed by atoms with Gasteiger partial charge in [-0.3, -0.25) is 4.99 Å². The Morgan fingerprint density at radius 2 is 1.86 bits per heavy atom. The standard InChI is InChI=1S/C11H23NO.Ce/c1-6-8-11(13,9(3)4)10(5)12-7-2;/h9,13H,6-8H2,1-5H3;. The summed E-state index contributed by atoms with van der Waals surface area (Å²) >= 11 is 0. The molecule has 2 nitrogen and oxygen atoms in total. The van der Waals surface area contributed by atoms with Crippen molar-refractivity contribution in [3.05, 3.63) is 0 Å². The molecule has 1 unspecified atom stereocenters. The van der Waals surface area contributed by atoms with Crippen molar-refractivity contribution in [1.82, 2.24) is 0 Å². The van der Waals surface area contributed by atoms with E-state index in [1.165, 1.54) is 0 Å². The Kier molecular flexibility index (Phi) is 10.2. The van der Waals surface area contributed by atoms with Gasteiger partial charge < -0.3 is 5.11 Å². The van der Waals surface area contributed by atoms with Crippen molar-refractivity contribution in [2.75, 3.05) is 6.54 Å². The predicted molar refractivity (Wildman–Crippen MR) is 58.3 cm³/mol. The van der Waals surface area contributed by atoms with E-state index in [9.17, 15) is 5.11 Å². The molecule has 3 heteroatoms. The Hall–Kier alpha value is 1.01. The van der Waals surface area contributed by atoms with E-state index in [2.05, 4.69) is 11.9 Å². The summed E-state index contributed by atoms with van der Waals surface area (Å²) in [6, 6.07) is 0. The van der Waals surface area contributed by atoms with Crippen LogP contribution >= 0.6 is 0 Å². The first-order chi connectivity index (χ1) is 5.99. The molecule has 0 aliphatic heterocycles. The molecule has 82 valence electrons. The Bertz CT molecular complexity index is 180. The van der Waals surface area contributed by atoms with Gasteiger partial charge in [-0.05, 0) is 26.2 Å². The molecular formula is C11H23CeNO. The number of aliphatic hydroxyl groups is 1. The predicted octanol–water partition coefficient (Wildman–Crippen LogP) is 2.65. The van der Waals surface area contributed by atoms with Gasteiger partial charge in [0.25, 0.3) is 0 Å². The summed E-state index contributed by atoms with van der Waals surface area (Å²) in [5, 5.41) is 10.4. The summed E-state index contributed by atoms with van der Waals surface area (Å²) in [5.74, 6) is 0.239. The normalized spacial score (nSPS) is 16.4. The van der Waals surface area contributed by atoms with Crippen molar-refractivity contribution in [2.24, 2.45) is 10.9 Å². The monoisotopic (exact) mass is 325 g/mol. The quantitative estimate of drug-likeness (QED) is 0.775. The van der Waals surface area contributed by atoms with Gasteiger partial charge in [0, 0.05) is 54.0 Å². The maximum absolute atomic E-state index is 10.4. The Morgan fingerprint density at radius 3 is 2.14 bits per heavy atom. The molecule has 0 saturated heterocycles. The van der Waals surface area contributed by atoms with Gasteiger partial charge in [0.05, 0.1) is 0 Å². The van der Waals surface area contributed by atoms with Crippen LogP contribution in [-0.2, 0) is 0 Å². The van der Waals surface area contributed by atoms with E-state index >= 15 is 0 Å². The molecule has 0 aromatic heterocycles. The topological polar surface area (TPSA) is 32.6 Å². The van der Waals surface area contributed by atoms with Crippen LogP contribution < -0.4 is 0 Å². The summed E-state index contributed by atoms with van der Waals surface area (Å²) in [5.41, 5.74) is 0.192. The first-order valence-corrected chi connectivity index (χ1v) is 5.22. The van der Waals surface area contributed by atoms with Crippen molar-refractivity contribution in [1.29, 1.82) is 0 Å². The smallest absolute Gasteiger partial charge is 0.104 e. The molecule has 0 aliphatic carbocycles. The molecule has 0 bridgehead atoms. The summed E-state index contributed by atoms with van der Waals surface area (Å²) in [6.07, 6.45) is 1.80. The molecule has 14 heavy (non-hydrogen) atoms. The molecule has 0 amide bonds. The minimum absolute atomic E-state index is 0. The fraction of sp³-hybridized carbons (Fsp3) is 0.909. The van der Waals surface area contributed by atoms with Crippen LogP contribution in [-0.4, -0.2) is 23.0 Å². The van der Waals surface area contributed by atoms with Crippen LogP contribution in [0.1, 0.15) is 47.5 Å². The minimum Gasteiger partial charge on any atom is -0.384 e. The number of hydrogen-bond acceptors (Lipinski definition) is 2. The van der Waals surface area contributed by atoms with Crippen LogP contribution in [0.25, 0.3) is 0 Å². The van der Waals surface area contributed by atoms with E-state index in [1.54, 1.807) is 0 Å². The van der Waals surface area contributed by atoms with Crippen molar-refractivity contribution >= 4 is 5.71 Å². The van der Waals surface area contributed by atoms with Gasteiger partial charge in [0.1, 0.15) is 5.60 Å². The zero-order valence-corrected chi connectivity index (χ0v) is 13.2. The molecule has 0 heterocycles. The van der Waals surface area contributed by atoms with Crippen LogP contribution in [0.5, 0.6) is 0 Å². The van der Waals surface area contributed by atoms with E-state index < -0.39 is 5.60 Å². The molecule has 0 saturated carbocycles. The fourth-order valence-corrected chi connectivity index (χ4v) is 1.64. The second kappa shape index (κ2) is 8.19. The number of hydrogen-bond donors (Lipinski definition) is 1. The second-order valence-corrected chi connectivity index (χ2v) is 3.89. The summed E-state index contributed by atoms with van der Waals surface area (Å²) in [7, 11) is 0. The van der Waals surface area contributed by atoms with Gasteiger partial charge in [0.15, 0.2) is 0 Å². The number of aliphatic imine (C=N–C) groups is 1. The number of rotatable bonds is 5. The van der Waals surface area contributed by atoms with Crippen LogP contribution in [0.2, 0.25) is 0 Å². The largest absolute Gasteiger partial charge is 0.384 e.